The van der Waals surface area contributed by atoms with Crippen LogP contribution in [0.25, 0.3) is 0 Å². The number of ether oxygens (including phenoxy) is 1. The largest absolute Gasteiger partial charge is 0.497 e. The molecule has 0 amide bonds. The molecule has 0 bridgehead atoms. The van der Waals surface area contributed by atoms with E-state index in [-0.39, 0.29) is 0 Å². The molecule has 2 aromatic rings. The summed E-state index contributed by atoms with van der Waals surface area (Å²) in [4.78, 5) is 13.0. The normalized spacial score (nSPS) is 17.6. The summed E-state index contributed by atoms with van der Waals surface area (Å²) in [5, 5.41) is 4.56. The lowest BCUT2D eigenvalue weighted by atomic mass is 9.98. The number of methoxy groups -OCH3 is 1. The zero-order valence-electron chi connectivity index (χ0n) is 16.1. The molecule has 1 aliphatic heterocycles. The third-order valence-corrected chi connectivity index (χ3v) is 5.84. The van der Waals surface area contributed by atoms with Crippen LogP contribution in [-0.2, 0) is 6.54 Å². The van der Waals surface area contributed by atoms with Crippen LogP contribution in [0.1, 0.15) is 40.4 Å². The molecule has 3 rings (SSSR count). The van der Waals surface area contributed by atoms with Crippen LogP contribution in [0, 0.1) is 13.8 Å². The Balaban J connectivity index is 1.68. The molecule has 0 spiro atoms. The van der Waals surface area contributed by atoms with E-state index < -0.39 is 0 Å². The van der Waals surface area contributed by atoms with Gasteiger partial charge in [0.2, 0.25) is 0 Å². The maximum Gasteiger partial charge on any atom is 0.194 e. The van der Waals surface area contributed by atoms with Gasteiger partial charge in [-0.05, 0) is 44.9 Å². The van der Waals surface area contributed by atoms with Gasteiger partial charge in [-0.3, -0.25) is 0 Å². The molecule has 1 fully saturated rings. The molecule has 6 heteroatoms. The molecule has 0 radical (unpaired) electrons. The van der Waals surface area contributed by atoms with Gasteiger partial charge in [0, 0.05) is 30.4 Å². The molecule has 1 aliphatic rings. The van der Waals surface area contributed by atoms with E-state index in [4.69, 9.17) is 9.73 Å². The van der Waals surface area contributed by atoms with Gasteiger partial charge in [0.05, 0.1) is 24.4 Å². The monoisotopic (exact) mass is 372 g/mol. The van der Waals surface area contributed by atoms with Crippen LogP contribution >= 0.6 is 11.3 Å². The van der Waals surface area contributed by atoms with E-state index in [1.165, 1.54) is 10.4 Å². The standard InChI is InChI=1S/C20H28N4OS/c1-5-21-20(22-12-19-14(2)23-15(3)26-19)24-11-10-17(13-24)16-6-8-18(25-4)9-7-16/h6-9,17H,5,10-13H2,1-4H3,(H,21,22). The number of nitrogens with one attached hydrogen (secondary N) is 1. The number of hydrogen-bond donors (Lipinski definition) is 1. The first-order valence-electron chi connectivity index (χ1n) is 9.20. The fraction of sp³-hybridized carbons (Fsp3) is 0.500. The Morgan fingerprint density at radius 2 is 2.12 bits per heavy atom. The Hall–Kier alpha value is -2.08. The molecule has 0 saturated carbocycles. The Morgan fingerprint density at radius 1 is 1.35 bits per heavy atom. The Kier molecular flexibility index (Phi) is 6.14. The maximum atomic E-state index is 5.26. The highest BCUT2D eigenvalue weighted by molar-refractivity contribution is 7.11. The second kappa shape index (κ2) is 8.54. The van der Waals surface area contributed by atoms with Crippen molar-refractivity contribution in [2.24, 2.45) is 4.99 Å². The average molecular weight is 373 g/mol. The lowest BCUT2D eigenvalue weighted by Gasteiger charge is -2.21. The van der Waals surface area contributed by atoms with Crippen molar-refractivity contribution >= 4 is 17.3 Å². The summed E-state index contributed by atoms with van der Waals surface area (Å²) < 4.78 is 5.26. The third kappa shape index (κ3) is 4.36. The van der Waals surface area contributed by atoms with Crippen LogP contribution in [0.5, 0.6) is 5.75 Å². The van der Waals surface area contributed by atoms with Crippen LogP contribution in [0.15, 0.2) is 29.3 Å². The summed E-state index contributed by atoms with van der Waals surface area (Å²) in [5.41, 5.74) is 2.47. The van der Waals surface area contributed by atoms with Crippen molar-refractivity contribution < 1.29 is 4.74 Å². The highest BCUT2D eigenvalue weighted by atomic mass is 32.1. The van der Waals surface area contributed by atoms with Gasteiger partial charge < -0.3 is 15.0 Å². The number of nitrogens with zero attached hydrogens (tertiary/aromatic N) is 3. The summed E-state index contributed by atoms with van der Waals surface area (Å²) in [6.45, 7) is 9.84. The van der Waals surface area contributed by atoms with Gasteiger partial charge in [-0.25, -0.2) is 9.98 Å². The molecular weight excluding hydrogens is 344 g/mol. The first-order valence-corrected chi connectivity index (χ1v) is 10.0. The predicted molar refractivity (Wildman–Crippen MR) is 108 cm³/mol. The summed E-state index contributed by atoms with van der Waals surface area (Å²) in [7, 11) is 1.71. The van der Waals surface area contributed by atoms with Crippen LogP contribution in [-0.4, -0.2) is 42.6 Å². The fourth-order valence-corrected chi connectivity index (χ4v) is 4.26. The van der Waals surface area contributed by atoms with Crippen LogP contribution in [0.4, 0.5) is 0 Å². The van der Waals surface area contributed by atoms with Crippen molar-refractivity contribution in [3.8, 4) is 5.75 Å². The summed E-state index contributed by atoms with van der Waals surface area (Å²) in [6.07, 6.45) is 1.15. The maximum absolute atomic E-state index is 5.26. The average Bonchev–Trinajstić information content (AvgIpc) is 3.25. The number of thiazole rings is 1. The molecule has 2 heterocycles. The topological polar surface area (TPSA) is 49.8 Å². The van der Waals surface area contributed by atoms with E-state index in [2.05, 4.69) is 48.1 Å². The van der Waals surface area contributed by atoms with Gasteiger partial charge in [0.25, 0.3) is 0 Å². The highest BCUT2D eigenvalue weighted by Gasteiger charge is 2.26. The van der Waals surface area contributed by atoms with E-state index in [9.17, 15) is 0 Å². The number of likely N-dealkylation sites (tertiary alicyclic amines) is 1. The summed E-state index contributed by atoms with van der Waals surface area (Å²) in [6, 6.07) is 8.46. The fourth-order valence-electron chi connectivity index (χ4n) is 3.39. The molecule has 1 aromatic carbocycles. The first kappa shape index (κ1) is 18.7. The molecule has 1 saturated heterocycles. The number of rotatable bonds is 5. The molecule has 1 unspecified atom stereocenters. The van der Waals surface area contributed by atoms with Crippen LogP contribution in [0.3, 0.4) is 0 Å². The van der Waals surface area contributed by atoms with E-state index in [0.717, 1.165) is 48.5 Å². The summed E-state index contributed by atoms with van der Waals surface area (Å²) >= 11 is 1.74. The van der Waals surface area contributed by atoms with Crippen molar-refractivity contribution in [1.29, 1.82) is 0 Å². The Bertz CT molecular complexity index is 754. The van der Waals surface area contributed by atoms with E-state index in [0.29, 0.717) is 12.5 Å². The number of hydrogen-bond acceptors (Lipinski definition) is 4. The molecule has 5 nitrogen and oxygen atoms in total. The van der Waals surface area contributed by atoms with Crippen LogP contribution in [0.2, 0.25) is 0 Å². The minimum atomic E-state index is 0.539. The number of aryl methyl sites for hydroxylation is 2. The Morgan fingerprint density at radius 3 is 2.73 bits per heavy atom. The summed E-state index contributed by atoms with van der Waals surface area (Å²) in [5.74, 6) is 2.46. The molecule has 0 aliphatic carbocycles. The van der Waals surface area contributed by atoms with Crippen molar-refractivity contribution in [3.05, 3.63) is 45.4 Å². The minimum Gasteiger partial charge on any atom is -0.497 e. The SMILES string of the molecule is CCNC(=NCc1sc(C)nc1C)N1CCC(c2ccc(OC)cc2)C1. The molecular formula is C20H28N4OS. The van der Waals surface area contributed by atoms with Gasteiger partial charge in [0.1, 0.15) is 5.75 Å². The second-order valence-electron chi connectivity index (χ2n) is 6.62. The lowest BCUT2D eigenvalue weighted by molar-refractivity contribution is 0.414. The zero-order valence-corrected chi connectivity index (χ0v) is 16.9. The quantitative estimate of drug-likeness (QED) is 0.642. The van der Waals surface area contributed by atoms with Gasteiger partial charge >= 0.3 is 0 Å². The van der Waals surface area contributed by atoms with E-state index >= 15 is 0 Å². The predicted octanol–water partition coefficient (Wildman–Crippen LogP) is 3.72. The minimum absolute atomic E-state index is 0.539. The highest BCUT2D eigenvalue weighted by Crippen LogP contribution is 2.28. The van der Waals surface area contributed by atoms with Gasteiger partial charge in [-0.2, -0.15) is 0 Å². The Labute approximate surface area is 160 Å². The molecule has 1 aromatic heterocycles. The van der Waals surface area contributed by atoms with E-state index in [1.807, 2.05) is 12.1 Å². The molecule has 140 valence electrons. The zero-order chi connectivity index (χ0) is 18.5. The van der Waals surface area contributed by atoms with Gasteiger partial charge in [-0.1, -0.05) is 12.1 Å². The number of aromatic nitrogens is 1. The lowest BCUT2D eigenvalue weighted by Crippen LogP contribution is -2.40. The van der Waals surface area contributed by atoms with Gasteiger partial charge in [-0.15, -0.1) is 11.3 Å². The number of guanidine groups is 1. The number of aliphatic imine (C=N–C) groups is 1. The molecule has 26 heavy (non-hydrogen) atoms. The van der Waals surface area contributed by atoms with Gasteiger partial charge in [0.15, 0.2) is 5.96 Å². The third-order valence-electron chi connectivity index (χ3n) is 4.78. The first-order chi connectivity index (χ1) is 12.6. The molecule has 1 atom stereocenters. The van der Waals surface area contributed by atoms with Crippen molar-refractivity contribution in [1.82, 2.24) is 15.2 Å². The number of benzene rings is 1. The van der Waals surface area contributed by atoms with E-state index in [1.54, 1.807) is 18.4 Å². The van der Waals surface area contributed by atoms with Crippen molar-refractivity contribution in [3.63, 3.8) is 0 Å². The van der Waals surface area contributed by atoms with Crippen molar-refractivity contribution in [2.45, 2.75) is 39.7 Å². The molecule has 1 N–H and O–H groups in total. The second-order valence-corrected chi connectivity index (χ2v) is 7.90. The smallest absolute Gasteiger partial charge is 0.194 e. The van der Waals surface area contributed by atoms with Crippen molar-refractivity contribution in [2.75, 3.05) is 26.7 Å². The van der Waals surface area contributed by atoms with Crippen LogP contribution < -0.4 is 10.1 Å².